The molecule has 1 N–H and O–H groups in total. The van der Waals surface area contributed by atoms with E-state index in [1.54, 1.807) is 7.11 Å². The zero-order chi connectivity index (χ0) is 21.3. The van der Waals surface area contributed by atoms with Crippen molar-refractivity contribution in [2.75, 3.05) is 7.11 Å². The smallest absolute Gasteiger partial charge is 0.271 e. The van der Waals surface area contributed by atoms with Crippen molar-refractivity contribution in [2.45, 2.75) is 45.7 Å². The monoisotopic (exact) mass is 425 g/mol. The molecule has 0 unspecified atom stereocenters. The number of carbonyl (C=O) groups is 1. The Kier molecular flexibility index (Phi) is 5.90. The van der Waals surface area contributed by atoms with Gasteiger partial charge in [-0.05, 0) is 54.2 Å². The number of aromatic nitrogens is 2. The van der Waals surface area contributed by atoms with E-state index in [1.807, 2.05) is 30.3 Å². The molecule has 2 heterocycles. The lowest BCUT2D eigenvalue weighted by Gasteiger charge is -2.34. The normalized spacial score (nSPS) is 21.5. The SMILES string of the molecule is COc1ccc(-c2cc3ncn(CC(=O)N[C@@H]4CCC[C@@H](C)[C@H]4C)c(=O)c3s2)cc1. The number of rotatable bonds is 5. The van der Waals surface area contributed by atoms with Crippen molar-refractivity contribution in [3.8, 4) is 16.2 Å². The lowest BCUT2D eigenvalue weighted by Crippen LogP contribution is -2.45. The van der Waals surface area contributed by atoms with Gasteiger partial charge in [0.05, 0.1) is 19.0 Å². The predicted octanol–water partition coefficient (Wildman–Crippen LogP) is 4.07. The Labute approximate surface area is 179 Å². The van der Waals surface area contributed by atoms with Crippen LogP contribution in [0.1, 0.15) is 33.1 Å². The first-order chi connectivity index (χ1) is 14.5. The topological polar surface area (TPSA) is 73.2 Å². The van der Waals surface area contributed by atoms with Crippen LogP contribution in [0.3, 0.4) is 0 Å². The van der Waals surface area contributed by atoms with E-state index in [2.05, 4.69) is 24.1 Å². The van der Waals surface area contributed by atoms with Gasteiger partial charge in [0.1, 0.15) is 17.0 Å². The molecule has 3 atom stereocenters. The second-order valence-electron chi connectivity index (χ2n) is 8.17. The van der Waals surface area contributed by atoms with Crippen LogP contribution in [0.4, 0.5) is 0 Å². The van der Waals surface area contributed by atoms with Gasteiger partial charge in [-0.25, -0.2) is 4.98 Å². The molecule has 2 aromatic heterocycles. The molecule has 1 amide bonds. The number of hydrogen-bond acceptors (Lipinski definition) is 5. The first-order valence-corrected chi connectivity index (χ1v) is 11.2. The van der Waals surface area contributed by atoms with Gasteiger partial charge in [0.25, 0.3) is 5.56 Å². The lowest BCUT2D eigenvalue weighted by atomic mass is 9.78. The van der Waals surface area contributed by atoms with Gasteiger partial charge >= 0.3 is 0 Å². The first kappa shape index (κ1) is 20.6. The molecule has 1 fully saturated rings. The first-order valence-electron chi connectivity index (χ1n) is 10.4. The van der Waals surface area contributed by atoms with Gasteiger partial charge in [-0.1, -0.05) is 26.7 Å². The molecule has 1 saturated carbocycles. The van der Waals surface area contributed by atoms with Crippen molar-refractivity contribution < 1.29 is 9.53 Å². The Bertz CT molecular complexity index is 1100. The summed E-state index contributed by atoms with van der Waals surface area (Å²) in [4.78, 5) is 30.9. The van der Waals surface area contributed by atoms with Gasteiger partial charge in [-0.2, -0.15) is 0 Å². The Morgan fingerprint density at radius 3 is 2.77 bits per heavy atom. The molecule has 0 bridgehead atoms. The lowest BCUT2D eigenvalue weighted by molar-refractivity contribution is -0.123. The molecule has 1 aromatic carbocycles. The number of nitrogens with zero attached hydrogens (tertiary/aromatic N) is 2. The molecule has 1 aliphatic carbocycles. The summed E-state index contributed by atoms with van der Waals surface area (Å²) >= 11 is 1.40. The third kappa shape index (κ3) is 4.12. The molecule has 0 spiro atoms. The number of carbonyl (C=O) groups excluding carboxylic acids is 1. The van der Waals surface area contributed by atoms with Crippen molar-refractivity contribution in [3.63, 3.8) is 0 Å². The maximum absolute atomic E-state index is 13.0. The van der Waals surface area contributed by atoms with Crippen molar-refractivity contribution in [1.82, 2.24) is 14.9 Å². The van der Waals surface area contributed by atoms with Crippen LogP contribution < -0.4 is 15.6 Å². The Morgan fingerprint density at radius 1 is 1.27 bits per heavy atom. The van der Waals surface area contributed by atoms with Gasteiger partial charge < -0.3 is 10.1 Å². The third-order valence-electron chi connectivity index (χ3n) is 6.25. The second kappa shape index (κ2) is 8.60. The van der Waals surface area contributed by atoms with Crippen molar-refractivity contribution in [1.29, 1.82) is 0 Å². The minimum absolute atomic E-state index is 0.00482. The van der Waals surface area contributed by atoms with Crippen molar-refractivity contribution in [3.05, 3.63) is 47.0 Å². The summed E-state index contributed by atoms with van der Waals surface area (Å²) in [6.07, 6.45) is 4.82. The number of benzene rings is 1. The minimum atomic E-state index is -0.176. The van der Waals surface area contributed by atoms with Crippen molar-refractivity contribution in [2.24, 2.45) is 11.8 Å². The Hall–Kier alpha value is -2.67. The molecular formula is C23H27N3O3S. The molecule has 158 valence electrons. The highest BCUT2D eigenvalue weighted by Gasteiger charge is 2.28. The molecule has 7 heteroatoms. The van der Waals surface area contributed by atoms with Gasteiger partial charge in [-0.15, -0.1) is 11.3 Å². The molecule has 0 aliphatic heterocycles. The number of hydrogen-bond donors (Lipinski definition) is 1. The van der Waals surface area contributed by atoms with Crippen LogP contribution in [-0.4, -0.2) is 28.6 Å². The van der Waals surface area contributed by atoms with Gasteiger partial charge in [0.15, 0.2) is 0 Å². The van der Waals surface area contributed by atoms with Gasteiger partial charge in [0, 0.05) is 10.9 Å². The Balaban J connectivity index is 1.53. The summed E-state index contributed by atoms with van der Waals surface area (Å²) in [5.74, 6) is 1.71. The van der Waals surface area contributed by atoms with Crippen LogP contribution in [0.15, 0.2) is 41.5 Å². The van der Waals surface area contributed by atoms with Gasteiger partial charge in [-0.3, -0.25) is 14.2 Å². The number of nitrogens with one attached hydrogen (secondary N) is 1. The number of amides is 1. The number of fused-ring (bicyclic) bond motifs is 1. The fraction of sp³-hybridized carbons (Fsp3) is 0.435. The van der Waals surface area contributed by atoms with E-state index in [0.717, 1.165) is 29.0 Å². The maximum Gasteiger partial charge on any atom is 0.271 e. The highest BCUT2D eigenvalue weighted by Crippen LogP contribution is 2.32. The molecule has 4 rings (SSSR count). The molecular weight excluding hydrogens is 398 g/mol. The maximum atomic E-state index is 13.0. The number of methoxy groups -OCH3 is 1. The fourth-order valence-corrected chi connectivity index (χ4v) is 5.21. The van der Waals surface area contributed by atoms with Crippen LogP contribution in [-0.2, 0) is 11.3 Å². The molecule has 6 nitrogen and oxygen atoms in total. The standard InChI is InChI=1S/C23H27N3O3S/c1-14-5-4-6-18(15(14)2)25-21(27)12-26-13-24-19-11-20(30-22(19)23(26)28)16-7-9-17(29-3)10-8-16/h7-11,13-15,18H,4-6,12H2,1-3H3,(H,25,27)/t14-,15-,18-/m1/s1. The fourth-order valence-electron chi connectivity index (χ4n) is 4.15. The van der Waals surface area contributed by atoms with Crippen LogP contribution in [0.5, 0.6) is 5.75 Å². The quantitative estimate of drug-likeness (QED) is 0.669. The van der Waals surface area contributed by atoms with E-state index in [-0.39, 0.29) is 24.1 Å². The molecule has 0 radical (unpaired) electrons. The second-order valence-corrected chi connectivity index (χ2v) is 9.22. The summed E-state index contributed by atoms with van der Waals surface area (Å²) < 4.78 is 7.17. The van der Waals surface area contributed by atoms with E-state index in [4.69, 9.17) is 4.74 Å². The van der Waals surface area contributed by atoms with E-state index >= 15 is 0 Å². The molecule has 0 saturated heterocycles. The summed E-state index contributed by atoms with van der Waals surface area (Å²) in [6, 6.07) is 9.80. The van der Waals surface area contributed by atoms with Crippen molar-refractivity contribution >= 4 is 27.5 Å². The summed E-state index contributed by atoms with van der Waals surface area (Å²) in [7, 11) is 1.63. The number of ether oxygens (including phenoxy) is 1. The third-order valence-corrected chi connectivity index (χ3v) is 7.41. The number of thiophene rings is 1. The highest BCUT2D eigenvalue weighted by molar-refractivity contribution is 7.22. The average molecular weight is 426 g/mol. The predicted molar refractivity (Wildman–Crippen MR) is 120 cm³/mol. The Morgan fingerprint density at radius 2 is 2.03 bits per heavy atom. The molecule has 1 aliphatic rings. The highest BCUT2D eigenvalue weighted by atomic mass is 32.1. The van der Waals surface area contributed by atoms with E-state index in [9.17, 15) is 9.59 Å². The average Bonchev–Trinajstić information content (AvgIpc) is 3.19. The van der Waals surface area contributed by atoms with E-state index < -0.39 is 0 Å². The molecule has 3 aromatic rings. The minimum Gasteiger partial charge on any atom is -0.497 e. The summed E-state index contributed by atoms with van der Waals surface area (Å²) in [5, 5.41) is 3.13. The zero-order valence-electron chi connectivity index (χ0n) is 17.6. The van der Waals surface area contributed by atoms with E-state index in [1.165, 1.54) is 28.7 Å². The summed E-state index contributed by atoms with van der Waals surface area (Å²) in [5.41, 5.74) is 1.48. The largest absolute Gasteiger partial charge is 0.497 e. The van der Waals surface area contributed by atoms with Gasteiger partial charge in [0.2, 0.25) is 5.91 Å². The van der Waals surface area contributed by atoms with Crippen LogP contribution in [0, 0.1) is 11.8 Å². The van der Waals surface area contributed by atoms with Crippen LogP contribution in [0.2, 0.25) is 0 Å². The molecule has 30 heavy (non-hydrogen) atoms. The van der Waals surface area contributed by atoms with E-state index in [0.29, 0.717) is 22.1 Å². The summed E-state index contributed by atoms with van der Waals surface area (Å²) in [6.45, 7) is 4.43. The van der Waals surface area contributed by atoms with Crippen LogP contribution >= 0.6 is 11.3 Å². The zero-order valence-corrected chi connectivity index (χ0v) is 18.4. The van der Waals surface area contributed by atoms with Crippen LogP contribution in [0.25, 0.3) is 20.7 Å².